The average molecular weight is 263 g/mol. The van der Waals surface area contributed by atoms with Crippen LogP contribution in [0.5, 0.6) is 0 Å². The van der Waals surface area contributed by atoms with Crippen molar-refractivity contribution in [2.45, 2.75) is 53.0 Å². The highest BCUT2D eigenvalue weighted by Crippen LogP contribution is 2.54. The monoisotopic (exact) mass is 263 g/mol. The Morgan fingerprint density at radius 3 is 2.63 bits per heavy atom. The molecule has 106 valence electrons. The van der Waals surface area contributed by atoms with Gasteiger partial charge in [-0.2, -0.15) is 0 Å². The molecule has 1 aromatic rings. The molecule has 0 aliphatic heterocycles. The van der Waals surface area contributed by atoms with Crippen LogP contribution in [0.2, 0.25) is 0 Å². The second-order valence-corrected chi connectivity index (χ2v) is 6.63. The molecule has 2 heteroatoms. The molecule has 0 saturated heterocycles. The van der Waals surface area contributed by atoms with E-state index in [0.717, 1.165) is 30.9 Å². The van der Waals surface area contributed by atoms with Gasteiger partial charge in [0.05, 0.1) is 0 Å². The van der Waals surface area contributed by atoms with Crippen molar-refractivity contribution < 1.29 is 4.39 Å². The van der Waals surface area contributed by atoms with Crippen molar-refractivity contribution in [2.24, 2.45) is 11.3 Å². The van der Waals surface area contributed by atoms with E-state index in [0.29, 0.717) is 11.5 Å². The number of hydrogen-bond acceptors (Lipinski definition) is 1. The SMILES string of the molecule is CCCNC(Cc1ccc(F)cc1C)C1CC1(C)C. The molecule has 2 atom stereocenters. The highest BCUT2D eigenvalue weighted by molar-refractivity contribution is 5.28. The molecule has 0 amide bonds. The molecular formula is C17H26FN. The molecule has 0 spiro atoms. The van der Waals surface area contributed by atoms with Crippen LogP contribution < -0.4 is 5.32 Å². The zero-order chi connectivity index (χ0) is 14.0. The van der Waals surface area contributed by atoms with Gasteiger partial charge in [-0.3, -0.25) is 0 Å². The minimum atomic E-state index is -0.133. The second-order valence-electron chi connectivity index (χ2n) is 6.63. The molecule has 19 heavy (non-hydrogen) atoms. The van der Waals surface area contributed by atoms with Gasteiger partial charge >= 0.3 is 0 Å². The summed E-state index contributed by atoms with van der Waals surface area (Å²) < 4.78 is 13.2. The predicted molar refractivity (Wildman–Crippen MR) is 78.8 cm³/mol. The lowest BCUT2D eigenvalue weighted by Crippen LogP contribution is -2.35. The Bertz CT molecular complexity index is 439. The summed E-state index contributed by atoms with van der Waals surface area (Å²) in [4.78, 5) is 0. The van der Waals surface area contributed by atoms with Crippen molar-refractivity contribution in [3.8, 4) is 0 Å². The van der Waals surface area contributed by atoms with Crippen LogP contribution in [0.3, 0.4) is 0 Å². The van der Waals surface area contributed by atoms with Crippen molar-refractivity contribution in [3.63, 3.8) is 0 Å². The predicted octanol–water partition coefficient (Wildman–Crippen LogP) is 4.09. The maximum atomic E-state index is 13.2. The van der Waals surface area contributed by atoms with Crippen LogP contribution in [0.25, 0.3) is 0 Å². The molecule has 1 aliphatic rings. The summed E-state index contributed by atoms with van der Waals surface area (Å²) in [5, 5.41) is 3.68. The van der Waals surface area contributed by atoms with Gasteiger partial charge in [-0.1, -0.05) is 26.8 Å². The summed E-state index contributed by atoms with van der Waals surface area (Å²) in [5.74, 6) is 0.620. The lowest BCUT2D eigenvalue weighted by atomic mass is 9.95. The van der Waals surface area contributed by atoms with Gasteiger partial charge in [0.15, 0.2) is 0 Å². The van der Waals surface area contributed by atoms with Crippen molar-refractivity contribution >= 4 is 0 Å². The van der Waals surface area contributed by atoms with E-state index >= 15 is 0 Å². The first kappa shape index (κ1) is 14.5. The highest BCUT2D eigenvalue weighted by Gasteiger charge is 2.49. The molecule has 1 aliphatic carbocycles. The fourth-order valence-corrected chi connectivity index (χ4v) is 3.01. The first-order valence-electron chi connectivity index (χ1n) is 7.42. The summed E-state index contributed by atoms with van der Waals surface area (Å²) >= 11 is 0. The number of aryl methyl sites for hydroxylation is 1. The van der Waals surface area contributed by atoms with Crippen molar-refractivity contribution in [2.75, 3.05) is 6.54 Å². The minimum Gasteiger partial charge on any atom is -0.313 e. The van der Waals surface area contributed by atoms with Gasteiger partial charge in [0.1, 0.15) is 5.82 Å². The van der Waals surface area contributed by atoms with E-state index < -0.39 is 0 Å². The van der Waals surface area contributed by atoms with E-state index in [1.165, 1.54) is 12.0 Å². The summed E-state index contributed by atoms with van der Waals surface area (Å²) in [6, 6.07) is 5.70. The normalized spacial score (nSPS) is 22.3. The third-order valence-corrected chi connectivity index (χ3v) is 4.48. The summed E-state index contributed by atoms with van der Waals surface area (Å²) in [5.41, 5.74) is 2.82. The van der Waals surface area contributed by atoms with Crippen LogP contribution in [0.15, 0.2) is 18.2 Å². The Morgan fingerprint density at radius 1 is 1.42 bits per heavy atom. The first-order chi connectivity index (χ1) is 8.94. The zero-order valence-electron chi connectivity index (χ0n) is 12.6. The van der Waals surface area contributed by atoms with E-state index in [-0.39, 0.29) is 5.82 Å². The number of benzene rings is 1. The van der Waals surface area contributed by atoms with Crippen LogP contribution in [0, 0.1) is 24.1 Å². The number of nitrogens with one attached hydrogen (secondary N) is 1. The number of rotatable bonds is 6. The van der Waals surface area contributed by atoms with Crippen molar-refractivity contribution in [1.82, 2.24) is 5.32 Å². The molecule has 2 unspecified atom stereocenters. The van der Waals surface area contributed by atoms with Gasteiger partial charge in [0.2, 0.25) is 0 Å². The largest absolute Gasteiger partial charge is 0.313 e. The van der Waals surface area contributed by atoms with Gasteiger partial charge in [-0.15, -0.1) is 0 Å². The first-order valence-corrected chi connectivity index (χ1v) is 7.42. The molecule has 0 bridgehead atoms. The molecule has 0 radical (unpaired) electrons. The fourth-order valence-electron chi connectivity index (χ4n) is 3.01. The number of halogens is 1. The average Bonchev–Trinajstić information content (AvgIpc) is 2.96. The van der Waals surface area contributed by atoms with Crippen molar-refractivity contribution in [1.29, 1.82) is 0 Å². The molecule has 0 aromatic heterocycles. The zero-order valence-corrected chi connectivity index (χ0v) is 12.6. The molecule has 1 N–H and O–H groups in total. The Balaban J connectivity index is 2.07. The van der Waals surface area contributed by atoms with E-state index in [4.69, 9.17) is 0 Å². The second kappa shape index (κ2) is 5.62. The lowest BCUT2D eigenvalue weighted by molar-refractivity contribution is 0.402. The highest BCUT2D eigenvalue weighted by atomic mass is 19.1. The Labute approximate surface area is 116 Å². The van der Waals surface area contributed by atoms with Crippen molar-refractivity contribution in [3.05, 3.63) is 35.1 Å². The van der Waals surface area contributed by atoms with E-state index in [2.05, 4.69) is 26.1 Å². The smallest absolute Gasteiger partial charge is 0.123 e. The Kier molecular flexibility index (Phi) is 4.29. The van der Waals surface area contributed by atoms with Gasteiger partial charge in [0.25, 0.3) is 0 Å². The standard InChI is InChI=1S/C17H26FN/c1-5-8-19-16(15-11-17(15,3)4)10-13-6-7-14(18)9-12(13)2/h6-7,9,15-16,19H,5,8,10-11H2,1-4H3. The third kappa shape index (κ3) is 3.56. The minimum absolute atomic E-state index is 0.133. The van der Waals surface area contributed by atoms with E-state index in [1.807, 2.05) is 13.0 Å². The maximum absolute atomic E-state index is 13.2. The van der Waals surface area contributed by atoms with Crippen LogP contribution in [0.1, 0.15) is 44.7 Å². The van der Waals surface area contributed by atoms with Crippen LogP contribution in [-0.2, 0) is 6.42 Å². The van der Waals surface area contributed by atoms with Crippen LogP contribution in [-0.4, -0.2) is 12.6 Å². The fraction of sp³-hybridized carbons (Fsp3) is 0.647. The van der Waals surface area contributed by atoms with Gasteiger partial charge in [0, 0.05) is 6.04 Å². The van der Waals surface area contributed by atoms with E-state index in [9.17, 15) is 4.39 Å². The van der Waals surface area contributed by atoms with Gasteiger partial charge in [-0.25, -0.2) is 4.39 Å². The Hall–Kier alpha value is -0.890. The molecule has 1 aromatic carbocycles. The molecule has 2 rings (SSSR count). The summed E-state index contributed by atoms with van der Waals surface area (Å²) in [7, 11) is 0. The summed E-state index contributed by atoms with van der Waals surface area (Å²) in [6.45, 7) is 9.96. The molecule has 1 fully saturated rings. The lowest BCUT2D eigenvalue weighted by Gasteiger charge is -2.21. The van der Waals surface area contributed by atoms with Crippen LogP contribution >= 0.6 is 0 Å². The quantitative estimate of drug-likeness (QED) is 0.815. The molecular weight excluding hydrogens is 237 g/mol. The molecule has 1 nitrogen and oxygen atoms in total. The molecule has 0 heterocycles. The van der Waals surface area contributed by atoms with E-state index in [1.54, 1.807) is 12.1 Å². The number of hydrogen-bond donors (Lipinski definition) is 1. The molecule has 1 saturated carbocycles. The van der Waals surface area contributed by atoms with Gasteiger partial charge < -0.3 is 5.32 Å². The van der Waals surface area contributed by atoms with Gasteiger partial charge in [-0.05, 0) is 67.3 Å². The third-order valence-electron chi connectivity index (χ3n) is 4.48. The Morgan fingerprint density at radius 2 is 2.11 bits per heavy atom. The topological polar surface area (TPSA) is 12.0 Å². The van der Waals surface area contributed by atoms with Crippen LogP contribution in [0.4, 0.5) is 4.39 Å². The summed E-state index contributed by atoms with van der Waals surface area (Å²) in [6.07, 6.45) is 3.47. The maximum Gasteiger partial charge on any atom is 0.123 e.